The third kappa shape index (κ3) is 3.55. The van der Waals surface area contributed by atoms with Gasteiger partial charge in [-0.3, -0.25) is 14.7 Å². The molecule has 2 atom stereocenters. The quantitative estimate of drug-likeness (QED) is 0.881. The summed E-state index contributed by atoms with van der Waals surface area (Å²) in [7, 11) is -3.14. The van der Waals surface area contributed by atoms with E-state index < -0.39 is 21.8 Å². The Balaban J connectivity index is 2.21. The van der Waals surface area contributed by atoms with E-state index in [1.165, 1.54) is 0 Å². The Morgan fingerprint density at radius 2 is 2.15 bits per heavy atom. The van der Waals surface area contributed by atoms with E-state index in [0.29, 0.717) is 6.54 Å². The SMILES string of the molecule is CC(c1ccncc1)N1CCS(=O)(=O)CC1CC(=O)O. The molecule has 1 aromatic rings. The molecule has 0 radical (unpaired) electrons. The topological polar surface area (TPSA) is 87.6 Å². The minimum absolute atomic E-state index is 0.0298. The van der Waals surface area contributed by atoms with Gasteiger partial charge < -0.3 is 5.11 Å². The van der Waals surface area contributed by atoms with Gasteiger partial charge in [-0.15, -0.1) is 0 Å². The first kappa shape index (κ1) is 14.9. The van der Waals surface area contributed by atoms with Crippen LogP contribution in [0.25, 0.3) is 0 Å². The molecule has 110 valence electrons. The lowest BCUT2D eigenvalue weighted by molar-refractivity contribution is -0.138. The Morgan fingerprint density at radius 3 is 2.75 bits per heavy atom. The Hall–Kier alpha value is -1.47. The number of carboxylic acids is 1. The van der Waals surface area contributed by atoms with E-state index in [0.717, 1.165) is 5.56 Å². The molecule has 1 aliphatic rings. The molecular formula is C13H18N2O4S. The van der Waals surface area contributed by atoms with Crippen molar-refractivity contribution in [1.82, 2.24) is 9.88 Å². The largest absolute Gasteiger partial charge is 0.481 e. The Bertz CT molecular complexity index is 573. The average Bonchev–Trinajstić information content (AvgIpc) is 2.37. The van der Waals surface area contributed by atoms with Crippen molar-refractivity contribution in [2.45, 2.75) is 25.4 Å². The first-order chi connectivity index (χ1) is 9.39. The first-order valence-electron chi connectivity index (χ1n) is 6.47. The fourth-order valence-electron chi connectivity index (χ4n) is 2.62. The normalized spacial score (nSPS) is 24.1. The number of sulfone groups is 1. The van der Waals surface area contributed by atoms with Crippen molar-refractivity contribution in [3.05, 3.63) is 30.1 Å². The van der Waals surface area contributed by atoms with Gasteiger partial charge in [0, 0.05) is 31.0 Å². The number of aromatic nitrogens is 1. The lowest BCUT2D eigenvalue weighted by Crippen LogP contribution is -2.50. The van der Waals surface area contributed by atoms with E-state index >= 15 is 0 Å². The number of hydrogen-bond donors (Lipinski definition) is 1. The molecule has 20 heavy (non-hydrogen) atoms. The number of carbonyl (C=O) groups is 1. The molecule has 1 saturated heterocycles. The Kier molecular flexibility index (Phi) is 4.39. The number of rotatable bonds is 4. The van der Waals surface area contributed by atoms with Gasteiger partial charge in [-0.25, -0.2) is 8.42 Å². The van der Waals surface area contributed by atoms with Crippen molar-refractivity contribution in [3.63, 3.8) is 0 Å². The van der Waals surface area contributed by atoms with Crippen LogP contribution in [0.15, 0.2) is 24.5 Å². The second-order valence-corrected chi connectivity index (χ2v) is 7.29. The molecule has 1 aliphatic heterocycles. The van der Waals surface area contributed by atoms with Gasteiger partial charge in [0.25, 0.3) is 0 Å². The molecule has 1 fully saturated rings. The molecule has 0 bridgehead atoms. The second-order valence-electron chi connectivity index (χ2n) is 5.06. The van der Waals surface area contributed by atoms with Crippen molar-refractivity contribution in [3.8, 4) is 0 Å². The highest BCUT2D eigenvalue weighted by molar-refractivity contribution is 7.91. The zero-order valence-electron chi connectivity index (χ0n) is 11.3. The third-order valence-electron chi connectivity index (χ3n) is 3.67. The van der Waals surface area contributed by atoms with Crippen molar-refractivity contribution in [1.29, 1.82) is 0 Å². The molecule has 2 rings (SSSR count). The number of carboxylic acid groups (broad SMARTS) is 1. The van der Waals surface area contributed by atoms with Gasteiger partial charge in [-0.1, -0.05) is 0 Å². The fourth-order valence-corrected chi connectivity index (χ4v) is 4.17. The van der Waals surface area contributed by atoms with Gasteiger partial charge in [0.15, 0.2) is 9.84 Å². The molecule has 0 amide bonds. The van der Waals surface area contributed by atoms with Crippen LogP contribution in [0.2, 0.25) is 0 Å². The number of aliphatic carboxylic acids is 1. The van der Waals surface area contributed by atoms with Crippen LogP contribution in [-0.2, 0) is 14.6 Å². The van der Waals surface area contributed by atoms with E-state index in [1.54, 1.807) is 12.4 Å². The molecule has 2 unspecified atom stereocenters. The van der Waals surface area contributed by atoms with Crippen LogP contribution in [0.5, 0.6) is 0 Å². The van der Waals surface area contributed by atoms with Crippen molar-refractivity contribution in [2.75, 3.05) is 18.1 Å². The molecule has 0 aliphatic carbocycles. The minimum atomic E-state index is -3.14. The van der Waals surface area contributed by atoms with Crippen LogP contribution in [0.3, 0.4) is 0 Å². The van der Waals surface area contributed by atoms with Crippen LogP contribution in [0.4, 0.5) is 0 Å². The lowest BCUT2D eigenvalue weighted by Gasteiger charge is -2.39. The van der Waals surface area contributed by atoms with Crippen molar-refractivity contribution < 1.29 is 18.3 Å². The van der Waals surface area contributed by atoms with Gasteiger partial charge in [-0.05, 0) is 24.6 Å². The summed E-state index contributed by atoms with van der Waals surface area (Å²) in [6, 6.07) is 3.23. The van der Waals surface area contributed by atoms with Gasteiger partial charge in [0.1, 0.15) is 0 Å². The highest BCUT2D eigenvalue weighted by atomic mass is 32.2. The lowest BCUT2D eigenvalue weighted by atomic mass is 10.1. The molecule has 1 N–H and O–H groups in total. The number of pyridine rings is 1. The molecule has 0 saturated carbocycles. The highest BCUT2D eigenvalue weighted by Gasteiger charge is 2.35. The predicted octanol–water partition coefficient (Wildman–Crippen LogP) is 0.716. The zero-order valence-corrected chi connectivity index (χ0v) is 12.1. The maximum Gasteiger partial charge on any atom is 0.304 e. The molecule has 1 aromatic heterocycles. The van der Waals surface area contributed by atoms with E-state index in [9.17, 15) is 13.2 Å². The summed E-state index contributed by atoms with van der Waals surface area (Å²) in [4.78, 5) is 16.9. The van der Waals surface area contributed by atoms with Crippen molar-refractivity contribution in [2.24, 2.45) is 0 Å². The number of hydrogen-bond acceptors (Lipinski definition) is 5. The maximum absolute atomic E-state index is 11.7. The van der Waals surface area contributed by atoms with Gasteiger partial charge in [-0.2, -0.15) is 0 Å². The molecule has 7 heteroatoms. The highest BCUT2D eigenvalue weighted by Crippen LogP contribution is 2.26. The van der Waals surface area contributed by atoms with Crippen LogP contribution < -0.4 is 0 Å². The number of nitrogens with zero attached hydrogens (tertiary/aromatic N) is 2. The molecule has 6 nitrogen and oxygen atoms in total. The van der Waals surface area contributed by atoms with Crippen molar-refractivity contribution >= 4 is 15.8 Å². The summed E-state index contributed by atoms with van der Waals surface area (Å²) >= 11 is 0. The summed E-state index contributed by atoms with van der Waals surface area (Å²) in [6.45, 7) is 2.33. The van der Waals surface area contributed by atoms with Gasteiger partial charge in [0.2, 0.25) is 0 Å². The van der Waals surface area contributed by atoms with Crippen LogP contribution in [0, 0.1) is 0 Å². The summed E-state index contributed by atoms with van der Waals surface area (Å²) in [6.07, 6.45) is 3.20. The monoisotopic (exact) mass is 298 g/mol. The van der Waals surface area contributed by atoms with Crippen LogP contribution >= 0.6 is 0 Å². The van der Waals surface area contributed by atoms with Gasteiger partial charge >= 0.3 is 5.97 Å². The third-order valence-corrected chi connectivity index (χ3v) is 5.37. The van der Waals surface area contributed by atoms with Crippen LogP contribution in [-0.4, -0.2) is 53.5 Å². The predicted molar refractivity (Wildman–Crippen MR) is 74.1 cm³/mol. The average molecular weight is 298 g/mol. The first-order valence-corrected chi connectivity index (χ1v) is 8.29. The minimum Gasteiger partial charge on any atom is -0.481 e. The van der Waals surface area contributed by atoms with Crippen LogP contribution in [0.1, 0.15) is 24.9 Å². The Labute approximate surface area is 118 Å². The fraction of sp³-hybridized carbons (Fsp3) is 0.538. The van der Waals surface area contributed by atoms with E-state index in [1.807, 2.05) is 24.0 Å². The maximum atomic E-state index is 11.7. The second kappa shape index (κ2) is 5.88. The van der Waals surface area contributed by atoms with Gasteiger partial charge in [0.05, 0.1) is 17.9 Å². The molecule has 0 spiro atoms. The summed E-state index contributed by atoms with van der Waals surface area (Å²) < 4.78 is 23.4. The summed E-state index contributed by atoms with van der Waals surface area (Å²) in [5.41, 5.74) is 1.01. The van der Waals surface area contributed by atoms with E-state index in [4.69, 9.17) is 5.11 Å². The van der Waals surface area contributed by atoms with E-state index in [-0.39, 0.29) is 24.0 Å². The molecule has 0 aromatic carbocycles. The Morgan fingerprint density at radius 1 is 1.50 bits per heavy atom. The summed E-state index contributed by atoms with van der Waals surface area (Å²) in [5.74, 6) is -0.980. The smallest absolute Gasteiger partial charge is 0.304 e. The molecule has 2 heterocycles. The standard InChI is InChI=1S/C13H18N2O4S/c1-10(11-2-4-14-5-3-11)15-6-7-20(18,19)9-12(15)8-13(16)17/h2-5,10,12H,6-9H2,1H3,(H,16,17). The van der Waals surface area contributed by atoms with E-state index in [2.05, 4.69) is 4.98 Å². The molecular weight excluding hydrogens is 280 g/mol. The summed E-state index contributed by atoms with van der Waals surface area (Å²) in [5, 5.41) is 8.97. The zero-order chi connectivity index (χ0) is 14.8.